The third-order valence-corrected chi connectivity index (χ3v) is 1.19. The molecule has 0 aliphatic carbocycles. The van der Waals surface area contributed by atoms with Gasteiger partial charge in [0.1, 0.15) is 12.4 Å². The van der Waals surface area contributed by atoms with Crippen LogP contribution in [0.4, 0.5) is 17.3 Å². The summed E-state index contributed by atoms with van der Waals surface area (Å²) in [6.45, 7) is 2.76. The van der Waals surface area contributed by atoms with Gasteiger partial charge >= 0.3 is 7.25 Å². The van der Waals surface area contributed by atoms with Crippen LogP contribution in [0, 0.1) is 5.97 Å². The van der Waals surface area contributed by atoms with Gasteiger partial charge in [0, 0.05) is 6.92 Å². The molecule has 0 aliphatic heterocycles. The predicted octanol–water partition coefficient (Wildman–Crippen LogP) is 2.05. The summed E-state index contributed by atoms with van der Waals surface area (Å²) < 4.78 is 40.9. The van der Waals surface area contributed by atoms with Crippen molar-refractivity contribution in [3.8, 4) is 5.97 Å². The van der Waals surface area contributed by atoms with Gasteiger partial charge in [0.15, 0.2) is 0 Å². The molecule has 8 heteroatoms. The van der Waals surface area contributed by atoms with E-state index >= 15 is 0 Å². The molecule has 1 rings (SSSR count). The lowest BCUT2D eigenvalue weighted by Crippen LogP contribution is -2.37. The summed E-state index contributed by atoms with van der Waals surface area (Å²) in [5.41, 5.74) is 0. The van der Waals surface area contributed by atoms with E-state index in [1.165, 1.54) is 0 Å². The first-order valence-corrected chi connectivity index (χ1v) is 4.52. The first-order chi connectivity index (χ1) is 7.43. The highest BCUT2D eigenvalue weighted by Crippen LogP contribution is 2.06. The Labute approximate surface area is 92.1 Å². The largest absolute Gasteiger partial charge is 0.673 e. The predicted molar refractivity (Wildman–Crippen MR) is 55.8 cm³/mol. The number of hydrogen-bond donors (Lipinski definition) is 0. The Bertz CT molecular complexity index is 339. The average Bonchev–Trinajstić information content (AvgIpc) is 2.17. The van der Waals surface area contributed by atoms with Crippen LogP contribution < -0.4 is 4.48 Å². The maximum absolute atomic E-state index is 9.75. The molecule has 0 atom stereocenters. The van der Waals surface area contributed by atoms with Gasteiger partial charge in [-0.25, -0.2) is 0 Å². The minimum Gasteiger partial charge on any atom is -0.456 e. The van der Waals surface area contributed by atoms with Crippen LogP contribution in [0.15, 0.2) is 30.6 Å². The summed E-state index contributed by atoms with van der Waals surface area (Å²) >= 11 is 0. The van der Waals surface area contributed by atoms with Crippen LogP contribution in [0.25, 0.3) is 4.85 Å². The molecule has 16 heavy (non-hydrogen) atoms. The Morgan fingerprint density at radius 3 is 2.12 bits per heavy atom. The van der Waals surface area contributed by atoms with Crippen LogP contribution in [0.2, 0.25) is 0 Å². The fourth-order valence-electron chi connectivity index (χ4n) is 0.697. The zero-order chi connectivity index (χ0) is 12.4. The number of rotatable bonds is 1. The lowest BCUT2D eigenvalue weighted by molar-refractivity contribution is -0.526. The van der Waals surface area contributed by atoms with Crippen molar-refractivity contribution in [1.29, 1.82) is 0 Å². The van der Waals surface area contributed by atoms with Gasteiger partial charge in [-0.05, 0) is 12.1 Å². The monoisotopic (exact) mass is 232 g/mol. The maximum Gasteiger partial charge on any atom is 0.673 e. The highest BCUT2D eigenvalue weighted by molar-refractivity contribution is 6.50. The summed E-state index contributed by atoms with van der Waals surface area (Å²) in [6.07, 6.45) is 3.89. The molecule has 0 fully saturated rings. The molecule has 0 unspecified atom stereocenters. The zero-order valence-electron chi connectivity index (χ0n) is 8.65. The average molecular weight is 232 g/mol. The molecule has 1 aromatic heterocycles. The molecule has 0 saturated carbocycles. The van der Waals surface area contributed by atoms with Crippen molar-refractivity contribution in [1.82, 2.24) is 0 Å². The van der Waals surface area contributed by atoms with Crippen molar-refractivity contribution in [3.05, 3.63) is 35.4 Å². The van der Waals surface area contributed by atoms with Crippen LogP contribution in [0.3, 0.4) is 0 Å². The first-order valence-electron chi connectivity index (χ1n) is 4.52. The smallest absolute Gasteiger partial charge is 0.456 e. The van der Waals surface area contributed by atoms with Crippen LogP contribution in [-0.2, 0) is 0 Å². The van der Waals surface area contributed by atoms with Gasteiger partial charge in [-0.2, -0.15) is 0 Å². The fraction of sp³-hybridized carbons (Fsp3) is 0.250. The molecule has 0 amide bonds. The van der Waals surface area contributed by atoms with Gasteiger partial charge in [0.2, 0.25) is 0 Å². The summed E-state index contributed by atoms with van der Waals surface area (Å²) in [6, 6.07) is 5.90. The second-order valence-electron chi connectivity index (χ2n) is 2.55. The van der Waals surface area contributed by atoms with Crippen molar-refractivity contribution in [2.45, 2.75) is 6.92 Å². The van der Waals surface area contributed by atoms with Crippen molar-refractivity contribution in [3.63, 3.8) is 0 Å². The number of halogens is 4. The standard InChI is InChI=1S/C8H10BN2.BF4/c1-2-10-8-9-11-6-4-3-5-7-11;2-1(3,4)5/h3-7H,2H2,1H3;/q+1;-1. The van der Waals surface area contributed by atoms with E-state index in [1.807, 2.05) is 42.0 Å². The summed E-state index contributed by atoms with van der Waals surface area (Å²) in [7, 11) is -4.20. The Morgan fingerprint density at radius 1 is 1.19 bits per heavy atom. The van der Waals surface area contributed by atoms with E-state index in [2.05, 4.69) is 10.8 Å². The SMILES string of the molecule is CC[N+]#C[B-][n+]1ccccc1.F[B-](F)(F)F. The van der Waals surface area contributed by atoms with E-state index < -0.39 is 7.25 Å². The van der Waals surface area contributed by atoms with Crippen LogP contribution in [0.5, 0.6) is 0 Å². The second-order valence-corrected chi connectivity index (χ2v) is 2.55. The second kappa shape index (κ2) is 7.74. The molecule has 1 aromatic rings. The Balaban J connectivity index is 0.000000385. The summed E-state index contributed by atoms with van der Waals surface area (Å²) in [5.74, 6) is 2.81. The molecule has 0 saturated heterocycles. The molecule has 0 aliphatic rings. The normalized spacial score (nSPS) is 9.56. The molecule has 0 bridgehead atoms. The molecule has 0 aromatic carbocycles. The lowest BCUT2D eigenvalue weighted by Gasteiger charge is -1.94. The summed E-state index contributed by atoms with van der Waals surface area (Å²) in [5, 5.41) is 0. The van der Waals surface area contributed by atoms with Gasteiger partial charge in [-0.1, -0.05) is 6.07 Å². The highest BCUT2D eigenvalue weighted by Gasteiger charge is 2.20. The van der Waals surface area contributed by atoms with Crippen LogP contribution >= 0.6 is 0 Å². The number of hydrogen-bond acceptors (Lipinski definition) is 0. The van der Waals surface area contributed by atoms with Gasteiger partial charge < -0.3 is 21.7 Å². The Kier molecular flexibility index (Phi) is 7.01. The number of aromatic nitrogens is 1. The molecule has 1 heterocycles. The summed E-state index contributed by atoms with van der Waals surface area (Å²) in [4.78, 5) is 3.94. The molecular formula is C8H10B2F4N2. The Hall–Kier alpha value is -1.51. The van der Waals surface area contributed by atoms with E-state index in [1.54, 1.807) is 7.41 Å². The molecule has 0 N–H and O–H groups in total. The van der Waals surface area contributed by atoms with Crippen molar-refractivity contribution in [2.75, 3.05) is 6.54 Å². The van der Waals surface area contributed by atoms with Gasteiger partial charge in [0.25, 0.3) is 14.0 Å². The minimum atomic E-state index is -6.00. The third-order valence-electron chi connectivity index (χ3n) is 1.19. The van der Waals surface area contributed by atoms with Gasteiger partial charge in [-0.3, -0.25) is 0 Å². The third kappa shape index (κ3) is 12.5. The lowest BCUT2D eigenvalue weighted by atomic mass is 9.98. The zero-order valence-corrected chi connectivity index (χ0v) is 8.65. The van der Waals surface area contributed by atoms with Crippen LogP contribution in [-0.4, -0.2) is 21.2 Å². The van der Waals surface area contributed by atoms with Gasteiger partial charge in [-0.15, -0.1) is 4.85 Å². The highest BCUT2D eigenvalue weighted by atomic mass is 19.5. The number of nitrogens with zero attached hydrogens (tertiary/aromatic N) is 2. The van der Waals surface area contributed by atoms with Crippen LogP contribution in [0.1, 0.15) is 6.92 Å². The molecule has 0 spiro atoms. The molecule has 2 nitrogen and oxygen atoms in total. The van der Waals surface area contributed by atoms with E-state index in [0.29, 0.717) is 0 Å². The Morgan fingerprint density at radius 2 is 1.69 bits per heavy atom. The van der Waals surface area contributed by atoms with Crippen molar-refractivity contribution >= 4 is 14.7 Å². The molecular weight excluding hydrogens is 222 g/mol. The van der Waals surface area contributed by atoms with Gasteiger partial charge in [0.05, 0.1) is 5.97 Å². The quantitative estimate of drug-likeness (QED) is 0.517. The van der Waals surface area contributed by atoms with Crippen molar-refractivity contribution in [2.24, 2.45) is 0 Å². The topological polar surface area (TPSA) is 8.24 Å². The van der Waals surface area contributed by atoms with E-state index in [-0.39, 0.29) is 0 Å². The fourth-order valence-corrected chi connectivity index (χ4v) is 0.697. The van der Waals surface area contributed by atoms with Crippen molar-refractivity contribution < 1.29 is 21.7 Å². The number of pyridine rings is 1. The van der Waals surface area contributed by atoms with E-state index in [0.717, 1.165) is 6.54 Å². The molecule has 2 radical (unpaired) electrons. The molecule has 86 valence electrons. The maximum atomic E-state index is 9.75. The van der Waals surface area contributed by atoms with E-state index in [9.17, 15) is 17.3 Å². The van der Waals surface area contributed by atoms with E-state index in [4.69, 9.17) is 0 Å². The minimum absolute atomic E-state index is 0.782. The first kappa shape index (κ1) is 14.5.